The van der Waals surface area contributed by atoms with E-state index in [1.807, 2.05) is 43.3 Å². The van der Waals surface area contributed by atoms with Gasteiger partial charge in [-0.15, -0.1) is 0 Å². The van der Waals surface area contributed by atoms with Crippen molar-refractivity contribution in [3.05, 3.63) is 59.4 Å². The quantitative estimate of drug-likeness (QED) is 0.814. The molecule has 2 atom stereocenters. The van der Waals surface area contributed by atoms with Gasteiger partial charge in [0.25, 0.3) is 0 Å². The van der Waals surface area contributed by atoms with Gasteiger partial charge in [-0.1, -0.05) is 23.8 Å². The van der Waals surface area contributed by atoms with Crippen LogP contribution in [-0.4, -0.2) is 25.2 Å². The van der Waals surface area contributed by atoms with Crippen LogP contribution in [0, 0.1) is 6.92 Å². The molecule has 114 valence electrons. The maximum absolute atomic E-state index is 12.6. The first-order chi connectivity index (χ1) is 10.6. The van der Waals surface area contributed by atoms with Gasteiger partial charge >= 0.3 is 5.97 Å². The van der Waals surface area contributed by atoms with Crippen molar-refractivity contribution in [2.45, 2.75) is 24.7 Å². The predicted molar refractivity (Wildman–Crippen MR) is 83.0 cm³/mol. The molecule has 3 rings (SSSR count). The first kappa shape index (κ1) is 14.6. The first-order valence-corrected chi connectivity index (χ1v) is 7.28. The van der Waals surface area contributed by atoms with Crippen LogP contribution in [-0.2, 0) is 14.9 Å². The average molecular weight is 297 g/mol. The fourth-order valence-electron chi connectivity index (χ4n) is 3.19. The fraction of sp³-hybridized carbons (Fsp3) is 0.333. The molecule has 1 aliphatic carbocycles. The van der Waals surface area contributed by atoms with Crippen molar-refractivity contribution in [1.82, 2.24) is 4.98 Å². The molecule has 0 saturated heterocycles. The van der Waals surface area contributed by atoms with Gasteiger partial charge in [-0.05, 0) is 31.5 Å². The smallest absolute Gasteiger partial charge is 0.317 e. The van der Waals surface area contributed by atoms with E-state index in [2.05, 4.69) is 4.98 Å². The van der Waals surface area contributed by atoms with Gasteiger partial charge in [0.2, 0.25) is 0 Å². The summed E-state index contributed by atoms with van der Waals surface area (Å²) < 4.78 is 10.6. The second-order valence-electron chi connectivity index (χ2n) is 5.68. The Morgan fingerprint density at radius 3 is 2.73 bits per heavy atom. The molecule has 1 aromatic carbocycles. The molecule has 1 aliphatic rings. The van der Waals surface area contributed by atoms with Gasteiger partial charge in [0, 0.05) is 23.4 Å². The van der Waals surface area contributed by atoms with E-state index in [-0.39, 0.29) is 11.9 Å². The van der Waals surface area contributed by atoms with Crippen LogP contribution >= 0.6 is 0 Å². The lowest BCUT2D eigenvalue weighted by Crippen LogP contribution is -2.25. The number of ether oxygens (including phenoxy) is 2. The Hall–Kier alpha value is -2.36. The number of methoxy groups -OCH3 is 2. The minimum atomic E-state index is -0.694. The molecule has 0 unspecified atom stereocenters. The molecule has 0 N–H and O–H groups in total. The lowest BCUT2D eigenvalue weighted by molar-refractivity contribution is -0.143. The van der Waals surface area contributed by atoms with E-state index in [1.54, 1.807) is 13.3 Å². The molecule has 0 spiro atoms. The van der Waals surface area contributed by atoms with Gasteiger partial charge in [0.05, 0.1) is 14.2 Å². The number of aryl methyl sites for hydroxylation is 1. The number of carbonyl (C=O) groups is 1. The lowest BCUT2D eigenvalue weighted by Gasteiger charge is -2.19. The zero-order valence-electron chi connectivity index (χ0n) is 13.0. The van der Waals surface area contributed by atoms with Crippen molar-refractivity contribution in [2.75, 3.05) is 14.2 Å². The Balaban J connectivity index is 2.11. The van der Waals surface area contributed by atoms with Gasteiger partial charge in [0.1, 0.15) is 11.2 Å². The van der Waals surface area contributed by atoms with Gasteiger partial charge in [-0.3, -0.25) is 9.78 Å². The Labute approximate surface area is 130 Å². The largest absolute Gasteiger partial charge is 0.496 e. The summed E-state index contributed by atoms with van der Waals surface area (Å²) in [7, 11) is 3.05. The van der Waals surface area contributed by atoms with Crippen LogP contribution in [0.2, 0.25) is 0 Å². The Morgan fingerprint density at radius 1 is 1.27 bits per heavy atom. The number of benzene rings is 1. The first-order valence-electron chi connectivity index (χ1n) is 7.28. The summed E-state index contributed by atoms with van der Waals surface area (Å²) in [4.78, 5) is 17.0. The van der Waals surface area contributed by atoms with Gasteiger partial charge in [-0.2, -0.15) is 0 Å². The molecule has 2 aromatic rings. The molecule has 0 amide bonds. The summed E-state index contributed by atoms with van der Waals surface area (Å²) >= 11 is 0. The molecule has 22 heavy (non-hydrogen) atoms. The van der Waals surface area contributed by atoms with E-state index in [9.17, 15) is 4.79 Å². The zero-order valence-corrected chi connectivity index (χ0v) is 13.0. The van der Waals surface area contributed by atoms with Crippen molar-refractivity contribution in [3.8, 4) is 5.75 Å². The summed E-state index contributed by atoms with van der Waals surface area (Å²) in [5, 5.41) is 0. The summed E-state index contributed by atoms with van der Waals surface area (Å²) in [5.74, 6) is 0.512. The van der Waals surface area contributed by atoms with Crippen molar-refractivity contribution in [3.63, 3.8) is 0 Å². The highest BCUT2D eigenvalue weighted by molar-refractivity contribution is 5.90. The van der Waals surface area contributed by atoms with Crippen LogP contribution in [0.15, 0.2) is 42.6 Å². The van der Waals surface area contributed by atoms with Crippen LogP contribution in [0.25, 0.3) is 0 Å². The third-order valence-electron chi connectivity index (χ3n) is 4.39. The van der Waals surface area contributed by atoms with Crippen LogP contribution in [0.3, 0.4) is 0 Å². The Kier molecular flexibility index (Phi) is 3.61. The molecule has 4 heteroatoms. The standard InChI is InChI=1S/C18H19NO3/c1-12-7-8-16(21-2)13(10-12)18(17(20)22-3)11-14(18)15-6-4-5-9-19-15/h4-10,14H,11H2,1-3H3/t14-,18-/m0/s1. The number of nitrogens with zero attached hydrogens (tertiary/aromatic N) is 1. The van der Waals surface area contributed by atoms with E-state index in [0.717, 1.165) is 22.6 Å². The number of esters is 1. The normalized spacial score (nSPS) is 23.0. The van der Waals surface area contributed by atoms with E-state index in [4.69, 9.17) is 9.47 Å². The van der Waals surface area contributed by atoms with Crippen molar-refractivity contribution >= 4 is 5.97 Å². The maximum Gasteiger partial charge on any atom is 0.317 e. The van der Waals surface area contributed by atoms with Crippen molar-refractivity contribution in [1.29, 1.82) is 0 Å². The highest BCUT2D eigenvalue weighted by Gasteiger charge is 2.64. The minimum Gasteiger partial charge on any atom is -0.496 e. The number of carbonyl (C=O) groups excluding carboxylic acids is 1. The molecule has 0 bridgehead atoms. The maximum atomic E-state index is 12.6. The summed E-state index contributed by atoms with van der Waals surface area (Å²) in [6.07, 6.45) is 2.44. The molecule has 0 aliphatic heterocycles. The molecular weight excluding hydrogens is 278 g/mol. The average Bonchev–Trinajstić information content (AvgIpc) is 3.31. The van der Waals surface area contributed by atoms with Crippen molar-refractivity contribution < 1.29 is 14.3 Å². The molecule has 4 nitrogen and oxygen atoms in total. The van der Waals surface area contributed by atoms with E-state index < -0.39 is 5.41 Å². The van der Waals surface area contributed by atoms with Crippen LogP contribution in [0.5, 0.6) is 5.75 Å². The molecular formula is C18H19NO3. The van der Waals surface area contributed by atoms with Crippen molar-refractivity contribution in [2.24, 2.45) is 0 Å². The van der Waals surface area contributed by atoms with E-state index in [1.165, 1.54) is 7.11 Å². The van der Waals surface area contributed by atoms with Crippen LogP contribution in [0.4, 0.5) is 0 Å². The monoisotopic (exact) mass is 297 g/mol. The minimum absolute atomic E-state index is 0.0249. The topological polar surface area (TPSA) is 48.4 Å². The predicted octanol–water partition coefficient (Wildman–Crippen LogP) is 3.00. The Morgan fingerprint density at radius 2 is 2.09 bits per heavy atom. The van der Waals surface area contributed by atoms with Gasteiger partial charge in [-0.25, -0.2) is 0 Å². The number of hydrogen-bond acceptors (Lipinski definition) is 4. The zero-order chi connectivity index (χ0) is 15.7. The molecule has 1 saturated carbocycles. The molecule has 0 radical (unpaired) electrons. The van der Waals surface area contributed by atoms with Crippen LogP contribution < -0.4 is 4.74 Å². The van der Waals surface area contributed by atoms with E-state index in [0.29, 0.717) is 6.42 Å². The lowest BCUT2D eigenvalue weighted by atomic mass is 9.90. The third-order valence-corrected chi connectivity index (χ3v) is 4.39. The molecule has 1 fully saturated rings. The number of pyridine rings is 1. The van der Waals surface area contributed by atoms with Gasteiger partial charge < -0.3 is 9.47 Å². The van der Waals surface area contributed by atoms with Gasteiger partial charge in [0.15, 0.2) is 0 Å². The second-order valence-corrected chi connectivity index (χ2v) is 5.68. The highest BCUT2D eigenvalue weighted by Crippen LogP contribution is 2.62. The Bertz CT molecular complexity index is 699. The number of rotatable bonds is 4. The summed E-state index contributed by atoms with van der Waals surface area (Å²) in [5.41, 5.74) is 2.19. The van der Waals surface area contributed by atoms with Crippen LogP contribution in [0.1, 0.15) is 29.2 Å². The highest BCUT2D eigenvalue weighted by atomic mass is 16.5. The number of aromatic nitrogens is 1. The number of hydrogen-bond donors (Lipinski definition) is 0. The second kappa shape index (κ2) is 5.44. The SMILES string of the molecule is COC(=O)[C@]1(c2cc(C)ccc2OC)C[C@H]1c1ccccn1. The third kappa shape index (κ3) is 2.15. The van der Waals surface area contributed by atoms with E-state index >= 15 is 0 Å². The summed E-state index contributed by atoms with van der Waals surface area (Å²) in [6.45, 7) is 2.01. The molecule has 1 aromatic heterocycles. The summed E-state index contributed by atoms with van der Waals surface area (Å²) in [6, 6.07) is 11.7. The fourth-order valence-corrected chi connectivity index (χ4v) is 3.19. The molecule has 1 heterocycles.